The Hall–Kier alpha value is -2.67. The van der Waals surface area contributed by atoms with Crippen molar-refractivity contribution >= 4 is 52.4 Å². The lowest BCUT2D eigenvalue weighted by molar-refractivity contribution is 0.0636. The summed E-state index contributed by atoms with van der Waals surface area (Å²) in [7, 11) is 5.88. The number of nitrogens with zero attached hydrogens (tertiary/aromatic N) is 1. The molecule has 1 aromatic heterocycles. The first-order valence-corrected chi connectivity index (χ1v) is 8.82. The summed E-state index contributed by atoms with van der Waals surface area (Å²) < 4.78 is 6.05. The van der Waals surface area contributed by atoms with Crippen molar-refractivity contribution in [3.8, 4) is 11.1 Å². The number of benzene rings is 2. The highest BCUT2D eigenvalue weighted by atomic mass is 32.1. The van der Waals surface area contributed by atoms with Gasteiger partial charge in [0.05, 0.1) is 10.2 Å². The quantitative estimate of drug-likeness (QED) is 0.565. The molecule has 130 valence electrons. The van der Waals surface area contributed by atoms with Gasteiger partial charge in [-0.05, 0) is 38.5 Å². The Morgan fingerprint density at radius 1 is 1.27 bits per heavy atom. The zero-order valence-electron chi connectivity index (χ0n) is 14.7. The van der Waals surface area contributed by atoms with E-state index in [0.717, 1.165) is 22.1 Å². The van der Waals surface area contributed by atoms with E-state index in [0.29, 0.717) is 21.7 Å². The van der Waals surface area contributed by atoms with Crippen LogP contribution in [0.15, 0.2) is 36.4 Å². The molecular formula is C19H17BN2O3S. The van der Waals surface area contributed by atoms with Crippen LogP contribution in [0.1, 0.15) is 31.1 Å². The van der Waals surface area contributed by atoms with Crippen molar-refractivity contribution in [3.63, 3.8) is 0 Å². The molecule has 0 aliphatic carbocycles. The molecule has 1 amide bonds. The second-order valence-corrected chi connectivity index (χ2v) is 7.84. The molecular weight excluding hydrogens is 347 g/mol. The number of fused-ring (bicyclic) bond motifs is 1. The minimum atomic E-state index is -0.599. The van der Waals surface area contributed by atoms with Crippen molar-refractivity contribution in [2.75, 3.05) is 5.32 Å². The zero-order valence-corrected chi connectivity index (χ0v) is 15.5. The van der Waals surface area contributed by atoms with E-state index in [1.165, 1.54) is 11.3 Å². The standard InChI is InChI=1S/C19H17BN2O3S/c1-19(2,3)25-18(24)22-17-21-16-14(12-5-4-6-13(20)9-12)7-11(10-23)8-15(16)26-17/h4-10H,1-3H3,(H,21,22,24). The largest absolute Gasteiger partial charge is 0.444 e. The van der Waals surface area contributed by atoms with Gasteiger partial charge in [0.2, 0.25) is 0 Å². The van der Waals surface area contributed by atoms with Gasteiger partial charge in [-0.15, -0.1) is 0 Å². The third-order valence-electron chi connectivity index (χ3n) is 3.46. The number of aromatic nitrogens is 1. The molecule has 3 rings (SSSR count). The Kier molecular flexibility index (Phi) is 4.83. The predicted octanol–water partition coefficient (Wildman–Crippen LogP) is 3.92. The Morgan fingerprint density at radius 3 is 2.69 bits per heavy atom. The van der Waals surface area contributed by atoms with Gasteiger partial charge in [0.1, 0.15) is 19.7 Å². The van der Waals surface area contributed by atoms with Crippen LogP contribution in [0.2, 0.25) is 0 Å². The number of hydrogen-bond acceptors (Lipinski definition) is 5. The second-order valence-electron chi connectivity index (χ2n) is 6.80. The van der Waals surface area contributed by atoms with Gasteiger partial charge in [-0.3, -0.25) is 10.1 Å². The Labute approximate surface area is 156 Å². The molecule has 0 saturated carbocycles. The molecule has 2 aromatic carbocycles. The average Bonchev–Trinajstić information content (AvgIpc) is 2.93. The number of nitrogens with one attached hydrogen (secondary N) is 1. The maximum Gasteiger partial charge on any atom is 0.413 e. The lowest BCUT2D eigenvalue weighted by atomic mass is 9.92. The van der Waals surface area contributed by atoms with Crippen molar-refractivity contribution in [1.82, 2.24) is 4.98 Å². The van der Waals surface area contributed by atoms with Crippen molar-refractivity contribution < 1.29 is 14.3 Å². The summed E-state index contributed by atoms with van der Waals surface area (Å²) in [6.45, 7) is 5.37. The van der Waals surface area contributed by atoms with Crippen LogP contribution in [-0.4, -0.2) is 30.8 Å². The molecule has 3 aromatic rings. The summed E-state index contributed by atoms with van der Waals surface area (Å²) >= 11 is 1.28. The normalized spacial score (nSPS) is 11.3. The number of aldehydes is 1. The molecule has 0 atom stereocenters. The molecule has 0 saturated heterocycles. The number of ether oxygens (including phenoxy) is 1. The summed E-state index contributed by atoms with van der Waals surface area (Å²) in [5, 5.41) is 3.05. The van der Waals surface area contributed by atoms with E-state index in [1.54, 1.807) is 39.0 Å². The first-order valence-electron chi connectivity index (χ1n) is 8.01. The van der Waals surface area contributed by atoms with E-state index in [2.05, 4.69) is 10.3 Å². The molecule has 0 unspecified atom stereocenters. The van der Waals surface area contributed by atoms with Crippen LogP contribution >= 0.6 is 11.3 Å². The van der Waals surface area contributed by atoms with Gasteiger partial charge >= 0.3 is 6.09 Å². The van der Waals surface area contributed by atoms with Gasteiger partial charge in [0.15, 0.2) is 5.13 Å². The maximum absolute atomic E-state index is 12.0. The van der Waals surface area contributed by atoms with Gasteiger partial charge < -0.3 is 4.74 Å². The lowest BCUT2D eigenvalue weighted by Crippen LogP contribution is -2.27. The van der Waals surface area contributed by atoms with Crippen LogP contribution in [0, 0.1) is 0 Å². The highest BCUT2D eigenvalue weighted by molar-refractivity contribution is 7.22. The number of carbonyl (C=O) groups excluding carboxylic acids is 2. The first-order chi connectivity index (χ1) is 12.2. The van der Waals surface area contributed by atoms with Crippen molar-refractivity contribution in [2.24, 2.45) is 0 Å². The third-order valence-corrected chi connectivity index (χ3v) is 4.38. The van der Waals surface area contributed by atoms with Crippen LogP contribution < -0.4 is 10.8 Å². The molecule has 7 heteroatoms. The fraction of sp³-hybridized carbons (Fsp3) is 0.211. The SMILES string of the molecule is [B]c1cccc(-c2cc(C=O)cc3sc(NC(=O)OC(C)(C)C)nc23)c1. The number of anilines is 1. The molecule has 0 spiro atoms. The summed E-state index contributed by atoms with van der Waals surface area (Å²) in [4.78, 5) is 27.8. The fourth-order valence-electron chi connectivity index (χ4n) is 2.49. The van der Waals surface area contributed by atoms with Crippen molar-refractivity contribution in [3.05, 3.63) is 42.0 Å². The smallest absolute Gasteiger partial charge is 0.413 e. The second kappa shape index (κ2) is 6.92. The predicted molar refractivity (Wildman–Crippen MR) is 106 cm³/mol. The van der Waals surface area contributed by atoms with E-state index in [4.69, 9.17) is 12.6 Å². The molecule has 1 heterocycles. The minimum Gasteiger partial charge on any atom is -0.444 e. The number of amides is 1. The molecule has 0 bridgehead atoms. The van der Waals surface area contributed by atoms with Crippen molar-refractivity contribution in [1.29, 1.82) is 0 Å². The highest BCUT2D eigenvalue weighted by Gasteiger charge is 2.18. The first kappa shape index (κ1) is 18.1. The van der Waals surface area contributed by atoms with E-state index < -0.39 is 11.7 Å². The number of rotatable bonds is 3. The van der Waals surface area contributed by atoms with Gasteiger partial charge in [-0.1, -0.05) is 41.1 Å². The maximum atomic E-state index is 12.0. The monoisotopic (exact) mass is 364 g/mol. The average molecular weight is 364 g/mol. The number of thiazole rings is 1. The van der Waals surface area contributed by atoms with Gasteiger partial charge in [-0.2, -0.15) is 0 Å². The molecule has 1 N–H and O–H groups in total. The summed E-state index contributed by atoms with van der Waals surface area (Å²) in [5.74, 6) is 0. The Balaban J connectivity index is 2.04. The molecule has 5 nitrogen and oxygen atoms in total. The Bertz CT molecular complexity index is 992. The molecule has 0 fully saturated rings. The zero-order chi connectivity index (χ0) is 18.9. The van der Waals surface area contributed by atoms with Crippen LogP contribution in [0.5, 0.6) is 0 Å². The van der Waals surface area contributed by atoms with E-state index in [-0.39, 0.29) is 0 Å². The van der Waals surface area contributed by atoms with E-state index in [9.17, 15) is 9.59 Å². The van der Waals surface area contributed by atoms with Crippen LogP contribution in [0.4, 0.5) is 9.93 Å². The topological polar surface area (TPSA) is 68.3 Å². The highest BCUT2D eigenvalue weighted by Crippen LogP contribution is 2.34. The fourth-order valence-corrected chi connectivity index (χ4v) is 3.42. The van der Waals surface area contributed by atoms with Crippen molar-refractivity contribution in [2.45, 2.75) is 26.4 Å². The van der Waals surface area contributed by atoms with Gasteiger partial charge in [0.25, 0.3) is 0 Å². The molecule has 0 aliphatic heterocycles. The van der Waals surface area contributed by atoms with E-state index in [1.807, 2.05) is 18.2 Å². The number of hydrogen-bond donors (Lipinski definition) is 1. The summed E-state index contributed by atoms with van der Waals surface area (Å²) in [6, 6.07) is 10.9. The molecule has 26 heavy (non-hydrogen) atoms. The van der Waals surface area contributed by atoms with Gasteiger partial charge in [-0.25, -0.2) is 9.78 Å². The minimum absolute atomic E-state index is 0.405. The lowest BCUT2D eigenvalue weighted by Gasteiger charge is -2.18. The van der Waals surface area contributed by atoms with Crippen LogP contribution in [0.25, 0.3) is 21.3 Å². The van der Waals surface area contributed by atoms with E-state index >= 15 is 0 Å². The van der Waals surface area contributed by atoms with Crippen LogP contribution in [-0.2, 0) is 4.74 Å². The van der Waals surface area contributed by atoms with Gasteiger partial charge in [0, 0.05) is 11.1 Å². The molecule has 2 radical (unpaired) electrons. The molecule has 0 aliphatic rings. The van der Waals surface area contributed by atoms with Crippen LogP contribution in [0.3, 0.4) is 0 Å². The summed E-state index contributed by atoms with van der Waals surface area (Å²) in [5.41, 5.74) is 2.88. The summed E-state index contributed by atoms with van der Waals surface area (Å²) in [6.07, 6.45) is 0.216. The third kappa shape index (κ3) is 4.11. The Morgan fingerprint density at radius 2 is 2.04 bits per heavy atom. The number of carbonyl (C=O) groups is 2.